The largest absolute Gasteiger partial charge is 0.507 e. The number of hydrogen-bond donors (Lipinski definition) is 1. The predicted molar refractivity (Wildman–Crippen MR) is 134 cm³/mol. The molecule has 1 atom stereocenters. The summed E-state index contributed by atoms with van der Waals surface area (Å²) in [6.45, 7) is 4.65. The van der Waals surface area contributed by atoms with Crippen LogP contribution >= 0.6 is 0 Å². The van der Waals surface area contributed by atoms with Gasteiger partial charge in [0.1, 0.15) is 17.3 Å². The van der Waals surface area contributed by atoms with Crippen molar-refractivity contribution in [1.82, 2.24) is 0 Å². The highest BCUT2D eigenvalue weighted by atomic mass is 19.1. The first-order valence-electron chi connectivity index (χ1n) is 11.8. The number of anilines is 1. The SMILES string of the molecule is CCCCCOc1ccc(/C(O)=C2\C(=O)C(=O)N(c3ccc(C)cc3)C2c2ccc(F)cc2)cc1. The highest BCUT2D eigenvalue weighted by Gasteiger charge is 2.46. The molecule has 0 radical (unpaired) electrons. The number of rotatable bonds is 8. The summed E-state index contributed by atoms with van der Waals surface area (Å²) in [5.74, 6) is -1.61. The molecule has 1 aliphatic rings. The van der Waals surface area contributed by atoms with E-state index in [0.717, 1.165) is 24.8 Å². The van der Waals surface area contributed by atoms with Crippen molar-refractivity contribution in [3.05, 3.63) is 101 Å². The van der Waals surface area contributed by atoms with E-state index in [1.54, 1.807) is 36.4 Å². The lowest BCUT2D eigenvalue weighted by molar-refractivity contribution is -0.132. The molecule has 1 unspecified atom stereocenters. The Bertz CT molecular complexity index is 1230. The van der Waals surface area contributed by atoms with Crippen LogP contribution in [0.15, 0.2) is 78.4 Å². The van der Waals surface area contributed by atoms with Gasteiger partial charge in [-0.15, -0.1) is 0 Å². The van der Waals surface area contributed by atoms with Gasteiger partial charge in [-0.25, -0.2) is 4.39 Å². The molecular weight excluding hydrogens is 445 g/mol. The minimum Gasteiger partial charge on any atom is -0.507 e. The van der Waals surface area contributed by atoms with Crippen molar-refractivity contribution in [1.29, 1.82) is 0 Å². The predicted octanol–water partition coefficient (Wildman–Crippen LogP) is 6.33. The quantitative estimate of drug-likeness (QED) is 0.180. The van der Waals surface area contributed by atoms with Crippen LogP contribution in [-0.2, 0) is 9.59 Å². The molecule has 3 aromatic carbocycles. The molecule has 0 bridgehead atoms. The van der Waals surface area contributed by atoms with Gasteiger partial charge >= 0.3 is 0 Å². The molecule has 1 aliphatic heterocycles. The van der Waals surface area contributed by atoms with Crippen LogP contribution in [0, 0.1) is 12.7 Å². The summed E-state index contributed by atoms with van der Waals surface area (Å²) in [4.78, 5) is 27.7. The number of Topliss-reactive ketones (excluding diaryl/α,β-unsaturated/α-hetero) is 1. The summed E-state index contributed by atoms with van der Waals surface area (Å²) >= 11 is 0. The Balaban J connectivity index is 1.74. The summed E-state index contributed by atoms with van der Waals surface area (Å²) in [7, 11) is 0. The number of hydrogen-bond acceptors (Lipinski definition) is 4. The molecule has 3 aromatic rings. The van der Waals surface area contributed by atoms with Gasteiger partial charge < -0.3 is 9.84 Å². The zero-order valence-corrected chi connectivity index (χ0v) is 19.8. The van der Waals surface area contributed by atoms with Crippen LogP contribution in [0.3, 0.4) is 0 Å². The van der Waals surface area contributed by atoms with Crippen molar-refractivity contribution < 1.29 is 23.8 Å². The molecular formula is C29H28FNO4. The number of aliphatic hydroxyl groups excluding tert-OH is 1. The third-order valence-electron chi connectivity index (χ3n) is 6.09. The highest BCUT2D eigenvalue weighted by Crippen LogP contribution is 2.42. The number of amides is 1. The van der Waals surface area contributed by atoms with Gasteiger partial charge in [-0.2, -0.15) is 0 Å². The van der Waals surface area contributed by atoms with E-state index in [0.29, 0.717) is 29.2 Å². The summed E-state index contributed by atoms with van der Waals surface area (Å²) < 4.78 is 19.4. The Morgan fingerprint density at radius 2 is 1.60 bits per heavy atom. The number of aliphatic hydroxyl groups is 1. The number of carbonyl (C=O) groups is 2. The van der Waals surface area contributed by atoms with Crippen molar-refractivity contribution >= 4 is 23.1 Å². The van der Waals surface area contributed by atoms with Crippen molar-refractivity contribution in [3.8, 4) is 5.75 Å². The Kier molecular flexibility index (Phi) is 7.30. The maximum atomic E-state index is 13.7. The van der Waals surface area contributed by atoms with Gasteiger partial charge in [0.25, 0.3) is 11.7 Å². The van der Waals surface area contributed by atoms with Crippen molar-refractivity contribution in [3.63, 3.8) is 0 Å². The third kappa shape index (κ3) is 5.11. The van der Waals surface area contributed by atoms with Crippen molar-refractivity contribution in [2.24, 2.45) is 0 Å². The zero-order valence-electron chi connectivity index (χ0n) is 19.8. The molecule has 0 spiro atoms. The average molecular weight is 474 g/mol. The van der Waals surface area contributed by atoms with Crippen LogP contribution in [0.1, 0.15) is 48.9 Å². The Labute approximate surface area is 204 Å². The monoisotopic (exact) mass is 473 g/mol. The van der Waals surface area contributed by atoms with Gasteiger partial charge in [0.2, 0.25) is 0 Å². The minimum absolute atomic E-state index is 0.0428. The van der Waals surface area contributed by atoms with Gasteiger partial charge in [0, 0.05) is 11.3 Å². The van der Waals surface area contributed by atoms with Crippen LogP contribution in [0.5, 0.6) is 5.75 Å². The van der Waals surface area contributed by atoms with E-state index in [2.05, 4.69) is 6.92 Å². The molecule has 1 saturated heterocycles. The molecule has 1 fully saturated rings. The Morgan fingerprint density at radius 3 is 2.23 bits per heavy atom. The number of aryl methyl sites for hydroxylation is 1. The smallest absolute Gasteiger partial charge is 0.300 e. The van der Waals surface area contributed by atoms with E-state index in [-0.39, 0.29) is 11.3 Å². The summed E-state index contributed by atoms with van der Waals surface area (Å²) in [5, 5.41) is 11.2. The van der Waals surface area contributed by atoms with Gasteiger partial charge in [-0.3, -0.25) is 14.5 Å². The van der Waals surface area contributed by atoms with Gasteiger partial charge in [-0.05, 0) is 67.4 Å². The fourth-order valence-corrected chi connectivity index (χ4v) is 4.17. The second-order valence-electron chi connectivity index (χ2n) is 8.64. The summed E-state index contributed by atoms with van der Waals surface area (Å²) in [6.07, 6.45) is 3.15. The molecule has 5 nitrogen and oxygen atoms in total. The number of carbonyl (C=O) groups excluding carboxylic acids is 2. The van der Waals surface area contributed by atoms with Gasteiger partial charge in [0.15, 0.2) is 0 Å². The lowest BCUT2D eigenvalue weighted by Gasteiger charge is -2.25. The Morgan fingerprint density at radius 1 is 0.943 bits per heavy atom. The number of unbranched alkanes of at least 4 members (excludes halogenated alkanes) is 2. The number of ketones is 1. The summed E-state index contributed by atoms with van der Waals surface area (Å²) in [6, 6.07) is 18.6. The minimum atomic E-state index is -0.900. The fraction of sp³-hybridized carbons (Fsp3) is 0.241. The first-order valence-corrected chi connectivity index (χ1v) is 11.8. The maximum Gasteiger partial charge on any atom is 0.300 e. The molecule has 1 amide bonds. The molecule has 35 heavy (non-hydrogen) atoms. The van der Waals surface area contributed by atoms with Gasteiger partial charge in [-0.1, -0.05) is 49.6 Å². The first-order chi connectivity index (χ1) is 16.9. The van der Waals surface area contributed by atoms with Gasteiger partial charge in [0.05, 0.1) is 18.2 Å². The summed E-state index contributed by atoms with van der Waals surface area (Å²) in [5.41, 5.74) is 2.38. The number of nitrogens with zero attached hydrogens (tertiary/aromatic N) is 1. The second kappa shape index (κ2) is 10.6. The molecule has 0 aliphatic carbocycles. The van der Waals surface area contributed by atoms with Crippen LogP contribution in [0.2, 0.25) is 0 Å². The lowest BCUT2D eigenvalue weighted by Crippen LogP contribution is -2.29. The van der Waals surface area contributed by atoms with E-state index < -0.39 is 23.5 Å². The molecule has 1 heterocycles. The van der Waals surface area contributed by atoms with Crippen LogP contribution in [0.4, 0.5) is 10.1 Å². The highest BCUT2D eigenvalue weighted by molar-refractivity contribution is 6.51. The molecule has 6 heteroatoms. The van der Waals surface area contributed by atoms with Crippen molar-refractivity contribution in [2.45, 2.75) is 39.2 Å². The molecule has 0 saturated carbocycles. The fourth-order valence-electron chi connectivity index (χ4n) is 4.17. The molecule has 0 aromatic heterocycles. The lowest BCUT2D eigenvalue weighted by atomic mass is 9.95. The number of ether oxygens (including phenoxy) is 1. The molecule has 4 rings (SSSR count). The van der Waals surface area contributed by atoms with Crippen LogP contribution in [-0.4, -0.2) is 23.4 Å². The zero-order chi connectivity index (χ0) is 24.9. The van der Waals surface area contributed by atoms with E-state index in [9.17, 15) is 19.1 Å². The van der Waals surface area contributed by atoms with E-state index >= 15 is 0 Å². The second-order valence-corrected chi connectivity index (χ2v) is 8.64. The topological polar surface area (TPSA) is 66.8 Å². The van der Waals surface area contributed by atoms with E-state index in [4.69, 9.17) is 4.74 Å². The van der Waals surface area contributed by atoms with Crippen molar-refractivity contribution in [2.75, 3.05) is 11.5 Å². The number of benzene rings is 3. The normalized spacial score (nSPS) is 17.1. The average Bonchev–Trinajstić information content (AvgIpc) is 3.13. The van der Waals surface area contributed by atoms with Crippen LogP contribution < -0.4 is 9.64 Å². The van der Waals surface area contributed by atoms with Crippen LogP contribution in [0.25, 0.3) is 5.76 Å². The maximum absolute atomic E-state index is 13.7. The Hall–Kier alpha value is -3.93. The molecule has 1 N–H and O–H groups in total. The van der Waals surface area contributed by atoms with E-state index in [1.807, 2.05) is 19.1 Å². The first kappa shape index (κ1) is 24.2. The number of halogens is 1. The third-order valence-corrected chi connectivity index (χ3v) is 6.09. The molecule has 180 valence electrons. The standard InChI is InChI=1S/C29H28FNO4/c1-3-4-5-18-35-24-16-10-21(11-17-24)27(32)25-26(20-8-12-22(30)13-9-20)31(29(34)28(25)33)23-14-6-19(2)7-15-23/h6-17,26,32H,3-5,18H2,1-2H3/b27-25+. The van der Waals surface area contributed by atoms with E-state index in [1.165, 1.54) is 29.2 Å².